The molecule has 26 heavy (non-hydrogen) atoms. The molecule has 0 aromatic rings. The molecule has 1 fully saturated rings. The molecule has 0 bridgehead atoms. The van der Waals surface area contributed by atoms with Crippen molar-refractivity contribution in [1.82, 2.24) is 0 Å². The van der Waals surface area contributed by atoms with Crippen LogP contribution in [0.4, 0.5) is 0 Å². The molecule has 0 heterocycles. The lowest BCUT2D eigenvalue weighted by atomic mass is 9.70. The molecule has 6 nitrogen and oxygen atoms in total. The Kier molecular flexibility index (Phi) is 7.25. The third-order valence-electron chi connectivity index (χ3n) is 4.19. The molecule has 0 aromatic heterocycles. The molecule has 6 heteroatoms. The summed E-state index contributed by atoms with van der Waals surface area (Å²) in [6.45, 7) is 12.3. The van der Waals surface area contributed by atoms with Crippen molar-refractivity contribution in [3.63, 3.8) is 0 Å². The summed E-state index contributed by atoms with van der Waals surface area (Å²) >= 11 is 0. The lowest BCUT2D eigenvalue weighted by Gasteiger charge is -2.38. The Morgan fingerprint density at radius 3 is 1.65 bits per heavy atom. The highest BCUT2D eigenvalue weighted by Gasteiger charge is 2.54. The van der Waals surface area contributed by atoms with Gasteiger partial charge in [0.05, 0.1) is 13.0 Å². The van der Waals surface area contributed by atoms with Gasteiger partial charge < -0.3 is 14.2 Å². The number of rotatable bonds is 7. The molecule has 0 aromatic carbocycles. The van der Waals surface area contributed by atoms with E-state index < -0.39 is 34.5 Å². The Labute approximate surface area is 156 Å². The molecule has 0 unspecified atom stereocenters. The average Bonchev–Trinajstić information content (AvgIpc) is 2.37. The molecule has 1 aliphatic carbocycles. The van der Waals surface area contributed by atoms with Crippen molar-refractivity contribution in [3.05, 3.63) is 0 Å². The topological polar surface area (TPSA) is 78.9 Å². The van der Waals surface area contributed by atoms with Crippen LogP contribution in [0, 0.1) is 11.3 Å². The van der Waals surface area contributed by atoms with Crippen LogP contribution in [-0.4, -0.2) is 35.7 Å². The Morgan fingerprint density at radius 1 is 0.885 bits per heavy atom. The molecule has 0 radical (unpaired) electrons. The largest absolute Gasteiger partial charge is 0.466 e. The van der Waals surface area contributed by atoms with Gasteiger partial charge in [-0.3, -0.25) is 14.4 Å². The minimum Gasteiger partial charge on any atom is -0.466 e. The summed E-state index contributed by atoms with van der Waals surface area (Å²) in [6.07, 6.45) is 2.80. The number of ether oxygens (including phenoxy) is 3. The van der Waals surface area contributed by atoms with Crippen LogP contribution in [0.25, 0.3) is 0 Å². The van der Waals surface area contributed by atoms with E-state index in [0.717, 1.165) is 19.3 Å². The number of esters is 3. The van der Waals surface area contributed by atoms with E-state index >= 15 is 0 Å². The lowest BCUT2D eigenvalue weighted by Crippen LogP contribution is -2.49. The second-order valence-electron chi connectivity index (χ2n) is 9.07. The Morgan fingerprint density at radius 2 is 1.35 bits per heavy atom. The Bertz CT molecular complexity index is 491. The second kappa shape index (κ2) is 8.40. The molecule has 0 N–H and O–H groups in total. The first kappa shape index (κ1) is 22.5. The summed E-state index contributed by atoms with van der Waals surface area (Å²) < 4.78 is 16.1. The highest BCUT2D eigenvalue weighted by Crippen LogP contribution is 2.43. The monoisotopic (exact) mass is 370 g/mol. The normalized spacial score (nSPS) is 15.8. The smallest absolute Gasteiger partial charge is 0.324 e. The van der Waals surface area contributed by atoms with Gasteiger partial charge in [0, 0.05) is 0 Å². The van der Waals surface area contributed by atoms with Crippen molar-refractivity contribution in [2.75, 3.05) is 6.61 Å². The minimum atomic E-state index is -1.67. The predicted octanol–water partition coefficient (Wildman–Crippen LogP) is 3.80. The maximum absolute atomic E-state index is 13.1. The molecule has 0 aliphatic heterocycles. The van der Waals surface area contributed by atoms with Crippen LogP contribution in [0.5, 0.6) is 0 Å². The number of carbonyl (C=O) groups excluding carboxylic acids is 3. The average molecular weight is 370 g/mol. The molecule has 1 saturated carbocycles. The SMILES string of the molecule is CCOC(=O)CC(CC1CCC1)(C(=O)OC(C)(C)C)C(=O)OC(C)(C)C. The molecule has 0 amide bonds. The van der Waals surface area contributed by atoms with Crippen molar-refractivity contribution >= 4 is 17.9 Å². The molecule has 150 valence electrons. The van der Waals surface area contributed by atoms with E-state index in [1.54, 1.807) is 48.5 Å². The van der Waals surface area contributed by atoms with Crippen molar-refractivity contribution in [2.45, 2.75) is 91.8 Å². The van der Waals surface area contributed by atoms with E-state index in [9.17, 15) is 14.4 Å². The standard InChI is InChI=1S/C20H34O6/c1-8-24-15(21)13-20(12-14-10-9-11-14,16(22)25-18(2,3)4)17(23)26-19(5,6)7/h14H,8-13H2,1-7H3. The predicted molar refractivity (Wildman–Crippen MR) is 97.3 cm³/mol. The van der Waals surface area contributed by atoms with Gasteiger partial charge in [-0.1, -0.05) is 19.3 Å². The van der Waals surface area contributed by atoms with E-state index in [4.69, 9.17) is 14.2 Å². The van der Waals surface area contributed by atoms with Gasteiger partial charge in [0.2, 0.25) is 0 Å². The van der Waals surface area contributed by atoms with E-state index in [1.165, 1.54) is 0 Å². The zero-order chi connectivity index (χ0) is 20.2. The van der Waals surface area contributed by atoms with Crippen molar-refractivity contribution < 1.29 is 28.6 Å². The van der Waals surface area contributed by atoms with Crippen molar-refractivity contribution in [1.29, 1.82) is 0 Å². The highest BCUT2D eigenvalue weighted by molar-refractivity contribution is 6.03. The van der Waals surface area contributed by atoms with Gasteiger partial charge in [-0.25, -0.2) is 0 Å². The van der Waals surface area contributed by atoms with Crippen LogP contribution in [0.1, 0.15) is 80.6 Å². The van der Waals surface area contributed by atoms with Crippen LogP contribution >= 0.6 is 0 Å². The van der Waals surface area contributed by atoms with Crippen LogP contribution in [0.3, 0.4) is 0 Å². The third-order valence-corrected chi connectivity index (χ3v) is 4.19. The van der Waals surface area contributed by atoms with Crippen molar-refractivity contribution in [2.24, 2.45) is 11.3 Å². The summed E-state index contributed by atoms with van der Waals surface area (Å²) in [5.41, 5.74) is -3.23. The van der Waals surface area contributed by atoms with Crippen LogP contribution in [0.15, 0.2) is 0 Å². The van der Waals surface area contributed by atoms with Gasteiger partial charge in [-0.05, 0) is 60.8 Å². The zero-order valence-electron chi connectivity index (χ0n) is 17.3. The minimum absolute atomic E-state index is 0.182. The quantitative estimate of drug-likeness (QED) is 0.385. The number of carbonyl (C=O) groups is 3. The van der Waals surface area contributed by atoms with Crippen LogP contribution in [0.2, 0.25) is 0 Å². The third kappa shape index (κ3) is 6.61. The summed E-state index contributed by atoms with van der Waals surface area (Å²) in [7, 11) is 0. The van der Waals surface area contributed by atoms with E-state index in [1.807, 2.05) is 0 Å². The molecule has 0 saturated heterocycles. The summed E-state index contributed by atoms with van der Waals surface area (Å²) in [6, 6.07) is 0. The number of hydrogen-bond acceptors (Lipinski definition) is 6. The fourth-order valence-electron chi connectivity index (χ4n) is 2.87. The Balaban J connectivity index is 3.26. The van der Waals surface area contributed by atoms with Gasteiger partial charge in [0.15, 0.2) is 5.41 Å². The lowest BCUT2D eigenvalue weighted by molar-refractivity contribution is -0.191. The molecule has 1 rings (SSSR count). The number of hydrogen-bond donors (Lipinski definition) is 0. The summed E-state index contributed by atoms with van der Waals surface area (Å²) in [4.78, 5) is 38.4. The van der Waals surface area contributed by atoms with E-state index in [0.29, 0.717) is 0 Å². The van der Waals surface area contributed by atoms with E-state index in [-0.39, 0.29) is 25.4 Å². The summed E-state index contributed by atoms with van der Waals surface area (Å²) in [5, 5.41) is 0. The molecular formula is C20H34O6. The van der Waals surface area contributed by atoms with E-state index in [2.05, 4.69) is 0 Å². The molecule has 0 spiro atoms. The molecular weight excluding hydrogens is 336 g/mol. The van der Waals surface area contributed by atoms with Crippen LogP contribution in [-0.2, 0) is 28.6 Å². The van der Waals surface area contributed by atoms with Gasteiger partial charge in [0.1, 0.15) is 11.2 Å². The first-order valence-corrected chi connectivity index (χ1v) is 9.41. The fraction of sp³-hybridized carbons (Fsp3) is 0.850. The van der Waals surface area contributed by atoms with Gasteiger partial charge in [0.25, 0.3) is 0 Å². The molecule has 0 atom stereocenters. The first-order chi connectivity index (χ1) is 11.8. The maximum atomic E-state index is 13.1. The Hall–Kier alpha value is -1.59. The fourth-order valence-corrected chi connectivity index (χ4v) is 2.87. The van der Waals surface area contributed by atoms with Crippen molar-refractivity contribution in [3.8, 4) is 0 Å². The molecule has 1 aliphatic rings. The maximum Gasteiger partial charge on any atom is 0.324 e. The first-order valence-electron chi connectivity index (χ1n) is 9.41. The van der Waals surface area contributed by atoms with Crippen LogP contribution < -0.4 is 0 Å². The summed E-state index contributed by atoms with van der Waals surface area (Å²) in [5.74, 6) is -1.81. The zero-order valence-corrected chi connectivity index (χ0v) is 17.3. The van der Waals surface area contributed by atoms with Gasteiger partial charge in [-0.15, -0.1) is 0 Å². The van der Waals surface area contributed by atoms with Gasteiger partial charge in [-0.2, -0.15) is 0 Å². The van der Waals surface area contributed by atoms with Gasteiger partial charge >= 0.3 is 17.9 Å². The highest BCUT2D eigenvalue weighted by atomic mass is 16.6. The second-order valence-corrected chi connectivity index (χ2v) is 9.07.